The van der Waals surface area contributed by atoms with Crippen LogP contribution in [0.4, 0.5) is 5.13 Å². The van der Waals surface area contributed by atoms with Crippen molar-refractivity contribution in [2.75, 3.05) is 5.43 Å². The molecule has 1 aromatic heterocycles. The second-order valence-electron chi connectivity index (χ2n) is 6.26. The van der Waals surface area contributed by atoms with E-state index in [-0.39, 0.29) is 0 Å². The lowest BCUT2D eigenvalue weighted by molar-refractivity contribution is 0.306. The van der Waals surface area contributed by atoms with Crippen LogP contribution < -0.4 is 10.2 Å². The Morgan fingerprint density at radius 1 is 1.00 bits per heavy atom. The maximum absolute atomic E-state index is 5.91. The van der Waals surface area contributed by atoms with E-state index in [0.717, 1.165) is 38.3 Å². The average molecular weight is 420 g/mol. The van der Waals surface area contributed by atoms with Crippen LogP contribution in [0.2, 0.25) is 5.02 Å². The summed E-state index contributed by atoms with van der Waals surface area (Å²) >= 11 is 7.43. The fraction of sp³-hybridized carbons (Fsp3) is 0.0435. The molecule has 0 aliphatic heterocycles. The van der Waals surface area contributed by atoms with Crippen molar-refractivity contribution in [3.63, 3.8) is 0 Å². The Morgan fingerprint density at radius 3 is 2.66 bits per heavy atom. The van der Waals surface area contributed by atoms with Crippen molar-refractivity contribution in [3.8, 4) is 17.0 Å². The fourth-order valence-corrected chi connectivity index (χ4v) is 3.46. The molecule has 0 fully saturated rings. The van der Waals surface area contributed by atoms with Crippen molar-refractivity contribution in [2.24, 2.45) is 5.10 Å². The first-order valence-corrected chi connectivity index (χ1v) is 10.3. The van der Waals surface area contributed by atoms with Gasteiger partial charge >= 0.3 is 0 Å². The number of benzene rings is 3. The van der Waals surface area contributed by atoms with E-state index < -0.39 is 0 Å². The van der Waals surface area contributed by atoms with Crippen LogP contribution in [0.5, 0.6) is 5.75 Å². The standard InChI is InChI=1S/C23H18ClN3OS/c24-20-11-9-17(10-12-20)15-28-21-8-4-5-18(13-21)14-25-27-23-26-22(16-29-23)19-6-2-1-3-7-19/h1-14,16H,15H2,(H,26,27)/b25-14-. The molecular weight excluding hydrogens is 402 g/mol. The number of nitrogens with zero attached hydrogens (tertiary/aromatic N) is 2. The summed E-state index contributed by atoms with van der Waals surface area (Å²) in [5.74, 6) is 0.782. The summed E-state index contributed by atoms with van der Waals surface area (Å²) in [6, 6.07) is 25.5. The quantitative estimate of drug-likeness (QED) is 0.275. The van der Waals surface area contributed by atoms with Gasteiger partial charge in [0.2, 0.25) is 5.13 Å². The highest BCUT2D eigenvalue weighted by molar-refractivity contribution is 7.14. The normalized spacial score (nSPS) is 10.9. The third-order valence-corrected chi connectivity index (χ3v) is 5.12. The minimum absolute atomic E-state index is 0.484. The molecule has 29 heavy (non-hydrogen) atoms. The predicted octanol–water partition coefficient (Wildman–Crippen LogP) is 6.49. The zero-order valence-corrected chi connectivity index (χ0v) is 17.0. The summed E-state index contributed by atoms with van der Waals surface area (Å²) in [6.07, 6.45) is 1.75. The van der Waals surface area contributed by atoms with Gasteiger partial charge in [-0.1, -0.05) is 66.2 Å². The van der Waals surface area contributed by atoms with Gasteiger partial charge in [-0.2, -0.15) is 5.10 Å². The second-order valence-corrected chi connectivity index (χ2v) is 7.56. The molecule has 0 amide bonds. The molecule has 1 heterocycles. The van der Waals surface area contributed by atoms with Gasteiger partial charge in [0.05, 0.1) is 11.9 Å². The summed E-state index contributed by atoms with van der Waals surface area (Å²) in [5.41, 5.74) is 7.01. The number of nitrogens with one attached hydrogen (secondary N) is 1. The molecule has 144 valence electrons. The number of ether oxygens (including phenoxy) is 1. The van der Waals surface area contributed by atoms with Gasteiger partial charge in [0.15, 0.2) is 0 Å². The molecule has 4 nitrogen and oxygen atoms in total. The Balaban J connectivity index is 1.35. The monoisotopic (exact) mass is 419 g/mol. The molecule has 0 saturated heterocycles. The van der Waals surface area contributed by atoms with E-state index in [1.807, 2.05) is 84.2 Å². The first-order valence-electron chi connectivity index (χ1n) is 9.03. The van der Waals surface area contributed by atoms with Crippen LogP contribution in [0.3, 0.4) is 0 Å². The zero-order chi connectivity index (χ0) is 19.9. The number of hydrogen-bond donors (Lipinski definition) is 1. The number of rotatable bonds is 7. The maximum Gasteiger partial charge on any atom is 0.203 e. The zero-order valence-electron chi connectivity index (χ0n) is 15.5. The average Bonchev–Trinajstić information content (AvgIpc) is 3.23. The third-order valence-electron chi connectivity index (χ3n) is 4.12. The Labute approximate surface area is 178 Å². The number of aromatic nitrogens is 1. The van der Waals surface area contributed by atoms with Gasteiger partial charge in [-0.25, -0.2) is 4.98 Å². The number of anilines is 1. The van der Waals surface area contributed by atoms with E-state index in [1.165, 1.54) is 11.3 Å². The van der Waals surface area contributed by atoms with Crippen molar-refractivity contribution in [2.45, 2.75) is 6.61 Å². The summed E-state index contributed by atoms with van der Waals surface area (Å²) in [6.45, 7) is 0.484. The van der Waals surface area contributed by atoms with Crippen LogP contribution in [0.1, 0.15) is 11.1 Å². The molecular formula is C23H18ClN3OS. The predicted molar refractivity (Wildman–Crippen MR) is 121 cm³/mol. The lowest BCUT2D eigenvalue weighted by Crippen LogP contribution is -1.96. The highest BCUT2D eigenvalue weighted by atomic mass is 35.5. The molecule has 3 aromatic carbocycles. The molecule has 0 radical (unpaired) electrons. The van der Waals surface area contributed by atoms with Gasteiger partial charge in [0, 0.05) is 16.0 Å². The summed E-state index contributed by atoms with van der Waals surface area (Å²) in [4.78, 5) is 4.56. The largest absolute Gasteiger partial charge is 0.489 e. The van der Waals surface area contributed by atoms with E-state index >= 15 is 0 Å². The molecule has 4 rings (SSSR count). The first kappa shape index (κ1) is 19.2. The lowest BCUT2D eigenvalue weighted by atomic mass is 10.2. The van der Waals surface area contributed by atoms with Crippen LogP contribution in [0.15, 0.2) is 89.3 Å². The summed E-state index contributed by atoms with van der Waals surface area (Å²) < 4.78 is 5.85. The maximum atomic E-state index is 5.91. The molecule has 0 aliphatic carbocycles. The van der Waals surface area contributed by atoms with Crippen LogP contribution in [0, 0.1) is 0 Å². The van der Waals surface area contributed by atoms with Gasteiger partial charge < -0.3 is 4.74 Å². The van der Waals surface area contributed by atoms with E-state index in [9.17, 15) is 0 Å². The Kier molecular flexibility index (Phi) is 6.19. The molecule has 0 bridgehead atoms. The first-order chi connectivity index (χ1) is 14.3. The van der Waals surface area contributed by atoms with Crippen LogP contribution >= 0.6 is 22.9 Å². The third kappa shape index (κ3) is 5.44. The van der Waals surface area contributed by atoms with E-state index in [1.54, 1.807) is 6.21 Å². The van der Waals surface area contributed by atoms with Gasteiger partial charge in [-0.15, -0.1) is 11.3 Å². The SMILES string of the molecule is Clc1ccc(COc2cccc(/C=N\Nc3nc(-c4ccccc4)cs3)c2)cc1. The molecule has 0 spiro atoms. The summed E-state index contributed by atoms with van der Waals surface area (Å²) in [5, 5.41) is 7.77. The van der Waals surface area contributed by atoms with E-state index in [0.29, 0.717) is 6.61 Å². The number of thiazole rings is 1. The van der Waals surface area contributed by atoms with Crippen LogP contribution in [0.25, 0.3) is 11.3 Å². The van der Waals surface area contributed by atoms with E-state index in [2.05, 4.69) is 15.5 Å². The molecule has 0 atom stereocenters. The molecule has 0 saturated carbocycles. The van der Waals surface area contributed by atoms with Crippen molar-refractivity contribution >= 4 is 34.3 Å². The molecule has 4 aromatic rings. The highest BCUT2D eigenvalue weighted by Crippen LogP contribution is 2.24. The Bertz CT molecular complexity index is 1090. The van der Waals surface area contributed by atoms with Crippen LogP contribution in [-0.4, -0.2) is 11.2 Å². The van der Waals surface area contributed by atoms with Crippen molar-refractivity contribution in [3.05, 3.63) is 100 Å². The molecule has 6 heteroatoms. The Hall–Kier alpha value is -3.15. The lowest BCUT2D eigenvalue weighted by Gasteiger charge is -2.07. The number of halogens is 1. The molecule has 0 unspecified atom stereocenters. The topological polar surface area (TPSA) is 46.5 Å². The van der Waals surface area contributed by atoms with Gasteiger partial charge in [0.1, 0.15) is 12.4 Å². The van der Waals surface area contributed by atoms with Crippen molar-refractivity contribution in [1.82, 2.24) is 4.98 Å². The van der Waals surface area contributed by atoms with Gasteiger partial charge in [0.25, 0.3) is 0 Å². The summed E-state index contributed by atoms with van der Waals surface area (Å²) in [7, 11) is 0. The minimum Gasteiger partial charge on any atom is -0.489 e. The minimum atomic E-state index is 0.484. The van der Waals surface area contributed by atoms with Crippen molar-refractivity contribution < 1.29 is 4.74 Å². The van der Waals surface area contributed by atoms with E-state index in [4.69, 9.17) is 16.3 Å². The molecule has 1 N–H and O–H groups in total. The number of hydrazone groups is 1. The van der Waals surface area contributed by atoms with Gasteiger partial charge in [-0.05, 0) is 35.4 Å². The highest BCUT2D eigenvalue weighted by Gasteiger charge is 2.03. The molecule has 0 aliphatic rings. The van der Waals surface area contributed by atoms with Gasteiger partial charge in [-0.3, -0.25) is 5.43 Å². The smallest absolute Gasteiger partial charge is 0.203 e. The Morgan fingerprint density at radius 2 is 1.83 bits per heavy atom. The number of hydrogen-bond acceptors (Lipinski definition) is 5. The van der Waals surface area contributed by atoms with Crippen molar-refractivity contribution in [1.29, 1.82) is 0 Å². The second kappa shape index (κ2) is 9.37. The fourth-order valence-electron chi connectivity index (χ4n) is 2.66. The van der Waals surface area contributed by atoms with Crippen LogP contribution in [-0.2, 0) is 6.61 Å².